The predicted molar refractivity (Wildman–Crippen MR) is 82.0 cm³/mol. The average molecular weight is 328 g/mol. The zero-order chi connectivity index (χ0) is 15.4. The largest absolute Gasteiger partial charge is 0.478 e. The summed E-state index contributed by atoms with van der Waals surface area (Å²) >= 11 is 11.9. The summed E-state index contributed by atoms with van der Waals surface area (Å²) < 4.78 is 13.1. The summed E-state index contributed by atoms with van der Waals surface area (Å²) in [5.74, 6) is -1.76. The molecule has 3 nitrogen and oxygen atoms in total. The number of carboxylic acids is 1. The molecule has 0 atom stereocenters. The van der Waals surface area contributed by atoms with Gasteiger partial charge in [0, 0.05) is 22.3 Å². The molecule has 2 aromatic carbocycles. The first-order valence-electron chi connectivity index (χ1n) is 6.18. The number of hydrogen-bond acceptors (Lipinski definition) is 2. The van der Waals surface area contributed by atoms with E-state index in [1.54, 1.807) is 12.1 Å². The molecule has 0 heterocycles. The molecular weight excluding hydrogens is 316 g/mol. The second-order valence-electron chi connectivity index (χ2n) is 4.41. The van der Waals surface area contributed by atoms with Gasteiger partial charge in [0.2, 0.25) is 0 Å². The Kier molecular flexibility index (Phi) is 5.04. The van der Waals surface area contributed by atoms with E-state index < -0.39 is 11.8 Å². The van der Waals surface area contributed by atoms with Crippen LogP contribution >= 0.6 is 23.2 Å². The van der Waals surface area contributed by atoms with Gasteiger partial charge >= 0.3 is 5.97 Å². The molecule has 0 aliphatic carbocycles. The van der Waals surface area contributed by atoms with Crippen LogP contribution in [0.5, 0.6) is 0 Å². The van der Waals surface area contributed by atoms with Gasteiger partial charge in [-0.3, -0.25) is 0 Å². The number of anilines is 1. The van der Waals surface area contributed by atoms with Gasteiger partial charge in [-0.1, -0.05) is 29.3 Å². The molecule has 0 saturated heterocycles. The fourth-order valence-corrected chi connectivity index (χ4v) is 2.41. The molecule has 0 aliphatic heterocycles. The van der Waals surface area contributed by atoms with Crippen LogP contribution in [0.4, 0.5) is 10.1 Å². The standard InChI is InChI=1S/C15H12Cl2FNO2/c16-10-2-1-9(13(17)7-10)5-6-19-14-4-3-11(18)8-12(14)15(20)21/h1-4,7-8,19H,5-6H2,(H,20,21). The molecule has 0 fully saturated rings. The molecule has 0 aliphatic rings. The Hall–Kier alpha value is -1.78. The molecule has 2 aromatic rings. The lowest BCUT2D eigenvalue weighted by Crippen LogP contribution is -2.10. The molecule has 21 heavy (non-hydrogen) atoms. The van der Waals surface area contributed by atoms with Crippen LogP contribution in [0.1, 0.15) is 15.9 Å². The number of benzene rings is 2. The van der Waals surface area contributed by atoms with Gasteiger partial charge in [0.1, 0.15) is 5.82 Å². The van der Waals surface area contributed by atoms with E-state index in [0.29, 0.717) is 28.7 Å². The second kappa shape index (κ2) is 6.78. The SMILES string of the molecule is O=C(O)c1cc(F)ccc1NCCc1ccc(Cl)cc1Cl. The molecule has 0 unspecified atom stereocenters. The van der Waals surface area contributed by atoms with Crippen molar-refractivity contribution < 1.29 is 14.3 Å². The zero-order valence-electron chi connectivity index (χ0n) is 10.9. The van der Waals surface area contributed by atoms with E-state index in [1.165, 1.54) is 12.1 Å². The first-order valence-corrected chi connectivity index (χ1v) is 6.93. The quantitative estimate of drug-likeness (QED) is 0.850. The van der Waals surface area contributed by atoms with E-state index in [2.05, 4.69) is 5.32 Å². The van der Waals surface area contributed by atoms with Crippen molar-refractivity contribution in [3.05, 3.63) is 63.4 Å². The lowest BCUT2D eigenvalue weighted by atomic mass is 10.1. The molecule has 2 N–H and O–H groups in total. The minimum Gasteiger partial charge on any atom is -0.478 e. The summed E-state index contributed by atoms with van der Waals surface area (Å²) in [5.41, 5.74) is 1.17. The Bertz CT molecular complexity index is 677. The lowest BCUT2D eigenvalue weighted by molar-refractivity contribution is 0.0697. The summed E-state index contributed by atoms with van der Waals surface area (Å²) in [7, 11) is 0. The second-order valence-corrected chi connectivity index (χ2v) is 5.25. The number of aromatic carboxylic acids is 1. The lowest BCUT2D eigenvalue weighted by Gasteiger charge is -2.10. The maximum absolute atomic E-state index is 13.1. The van der Waals surface area contributed by atoms with Crippen molar-refractivity contribution in [2.45, 2.75) is 6.42 Å². The van der Waals surface area contributed by atoms with Crippen LogP contribution < -0.4 is 5.32 Å². The minimum absolute atomic E-state index is 0.0998. The van der Waals surface area contributed by atoms with E-state index in [9.17, 15) is 9.18 Å². The fourth-order valence-electron chi connectivity index (χ4n) is 1.90. The Labute approximate surface area is 131 Å². The summed E-state index contributed by atoms with van der Waals surface area (Å²) in [4.78, 5) is 11.1. The molecule has 6 heteroatoms. The highest BCUT2D eigenvalue weighted by Crippen LogP contribution is 2.22. The molecule has 0 aromatic heterocycles. The monoisotopic (exact) mass is 327 g/mol. The number of carboxylic acid groups (broad SMARTS) is 1. The van der Waals surface area contributed by atoms with Gasteiger partial charge in [-0.05, 0) is 42.3 Å². The van der Waals surface area contributed by atoms with Gasteiger partial charge in [-0.25, -0.2) is 9.18 Å². The molecule has 0 radical (unpaired) electrons. The molecule has 0 saturated carbocycles. The molecule has 0 amide bonds. The van der Waals surface area contributed by atoms with Crippen molar-refractivity contribution in [3.8, 4) is 0 Å². The van der Waals surface area contributed by atoms with E-state index in [0.717, 1.165) is 11.6 Å². The Balaban J connectivity index is 2.05. The van der Waals surface area contributed by atoms with Crippen LogP contribution in [0.2, 0.25) is 10.0 Å². The van der Waals surface area contributed by atoms with Gasteiger partial charge in [0.05, 0.1) is 5.56 Å². The first-order chi connectivity index (χ1) is 9.97. The third-order valence-corrected chi connectivity index (χ3v) is 3.52. The number of halogens is 3. The maximum Gasteiger partial charge on any atom is 0.337 e. The summed E-state index contributed by atoms with van der Waals surface area (Å²) in [6.45, 7) is 0.466. The van der Waals surface area contributed by atoms with Crippen molar-refractivity contribution in [1.29, 1.82) is 0 Å². The van der Waals surface area contributed by atoms with Crippen LogP contribution in [-0.4, -0.2) is 17.6 Å². The fraction of sp³-hybridized carbons (Fsp3) is 0.133. The smallest absolute Gasteiger partial charge is 0.337 e. The van der Waals surface area contributed by atoms with E-state index >= 15 is 0 Å². The highest BCUT2D eigenvalue weighted by Gasteiger charge is 2.11. The van der Waals surface area contributed by atoms with Crippen molar-refractivity contribution in [2.24, 2.45) is 0 Å². The number of rotatable bonds is 5. The van der Waals surface area contributed by atoms with Crippen molar-refractivity contribution in [2.75, 3.05) is 11.9 Å². The number of nitrogens with one attached hydrogen (secondary N) is 1. The van der Waals surface area contributed by atoms with Gasteiger partial charge in [-0.2, -0.15) is 0 Å². The molecular formula is C15H12Cl2FNO2. The van der Waals surface area contributed by atoms with Crippen LogP contribution in [0.25, 0.3) is 0 Å². The van der Waals surface area contributed by atoms with Crippen LogP contribution in [-0.2, 0) is 6.42 Å². The minimum atomic E-state index is -1.18. The normalized spacial score (nSPS) is 10.4. The topological polar surface area (TPSA) is 49.3 Å². The first kappa shape index (κ1) is 15.6. The molecule has 2 rings (SSSR count). The van der Waals surface area contributed by atoms with E-state index in [-0.39, 0.29) is 5.56 Å². The van der Waals surface area contributed by atoms with Crippen LogP contribution in [0.15, 0.2) is 36.4 Å². The van der Waals surface area contributed by atoms with Crippen molar-refractivity contribution >= 4 is 34.9 Å². The molecule has 110 valence electrons. The Morgan fingerprint density at radius 1 is 1.19 bits per heavy atom. The highest BCUT2D eigenvalue weighted by molar-refractivity contribution is 6.35. The van der Waals surface area contributed by atoms with Crippen LogP contribution in [0.3, 0.4) is 0 Å². The van der Waals surface area contributed by atoms with Gasteiger partial charge in [-0.15, -0.1) is 0 Å². The van der Waals surface area contributed by atoms with Crippen molar-refractivity contribution in [1.82, 2.24) is 0 Å². The van der Waals surface area contributed by atoms with E-state index in [1.807, 2.05) is 6.07 Å². The average Bonchev–Trinajstić information content (AvgIpc) is 2.42. The van der Waals surface area contributed by atoms with Crippen LogP contribution in [0, 0.1) is 5.82 Å². The third kappa shape index (κ3) is 4.09. The van der Waals surface area contributed by atoms with Gasteiger partial charge < -0.3 is 10.4 Å². The van der Waals surface area contributed by atoms with Gasteiger partial charge in [0.15, 0.2) is 0 Å². The van der Waals surface area contributed by atoms with E-state index in [4.69, 9.17) is 28.3 Å². The molecule has 0 spiro atoms. The summed E-state index contributed by atoms with van der Waals surface area (Å²) in [6.07, 6.45) is 0.590. The predicted octanol–water partition coefficient (Wildman–Crippen LogP) is 4.49. The van der Waals surface area contributed by atoms with Crippen molar-refractivity contribution in [3.63, 3.8) is 0 Å². The number of hydrogen-bond donors (Lipinski definition) is 2. The zero-order valence-corrected chi connectivity index (χ0v) is 12.4. The summed E-state index contributed by atoms with van der Waals surface area (Å²) in [6, 6.07) is 8.81. The Morgan fingerprint density at radius 2 is 1.95 bits per heavy atom. The highest BCUT2D eigenvalue weighted by atomic mass is 35.5. The number of carbonyl (C=O) groups is 1. The molecule has 0 bridgehead atoms. The summed E-state index contributed by atoms with van der Waals surface area (Å²) in [5, 5.41) is 13.1. The maximum atomic E-state index is 13.1. The van der Waals surface area contributed by atoms with Gasteiger partial charge in [0.25, 0.3) is 0 Å². The third-order valence-electron chi connectivity index (χ3n) is 2.94. The Morgan fingerprint density at radius 3 is 2.62 bits per heavy atom.